The SMILES string of the molecule is CC1CCc2c(sc3ncn(CC(=O)Nc4ccc(OC(F)F)c(Cl)c4)c(=O)c23)C1. The number of benzene rings is 1. The maximum Gasteiger partial charge on any atom is 0.387 e. The Kier molecular flexibility index (Phi) is 5.75. The van der Waals surface area contributed by atoms with Crippen LogP contribution in [0.1, 0.15) is 23.8 Å². The molecule has 0 spiro atoms. The maximum atomic E-state index is 13.0. The van der Waals surface area contributed by atoms with Crippen LogP contribution in [0.25, 0.3) is 10.2 Å². The summed E-state index contributed by atoms with van der Waals surface area (Å²) in [7, 11) is 0. The van der Waals surface area contributed by atoms with Gasteiger partial charge in [0.25, 0.3) is 5.56 Å². The van der Waals surface area contributed by atoms with Crippen LogP contribution in [0.5, 0.6) is 5.75 Å². The van der Waals surface area contributed by atoms with Crippen molar-refractivity contribution in [1.29, 1.82) is 0 Å². The summed E-state index contributed by atoms with van der Waals surface area (Å²) >= 11 is 7.45. The van der Waals surface area contributed by atoms with Gasteiger partial charge in [0.15, 0.2) is 0 Å². The Morgan fingerprint density at radius 2 is 2.27 bits per heavy atom. The topological polar surface area (TPSA) is 73.2 Å². The first-order chi connectivity index (χ1) is 14.3. The summed E-state index contributed by atoms with van der Waals surface area (Å²) in [6, 6.07) is 3.93. The van der Waals surface area contributed by atoms with Crippen molar-refractivity contribution in [2.45, 2.75) is 39.3 Å². The Hall–Kier alpha value is -2.52. The van der Waals surface area contributed by atoms with Crippen LogP contribution >= 0.6 is 22.9 Å². The summed E-state index contributed by atoms with van der Waals surface area (Å²) in [4.78, 5) is 31.7. The van der Waals surface area contributed by atoms with E-state index in [1.807, 2.05) is 0 Å². The number of nitrogens with one attached hydrogen (secondary N) is 1. The number of nitrogens with zero attached hydrogens (tertiary/aromatic N) is 2. The van der Waals surface area contributed by atoms with Crippen molar-refractivity contribution in [3.05, 3.63) is 50.3 Å². The van der Waals surface area contributed by atoms with Gasteiger partial charge in [0, 0.05) is 10.6 Å². The largest absolute Gasteiger partial charge is 0.433 e. The second-order valence-electron chi connectivity index (χ2n) is 7.28. The molecule has 0 saturated heterocycles. The zero-order valence-electron chi connectivity index (χ0n) is 16.0. The summed E-state index contributed by atoms with van der Waals surface area (Å²) in [6.07, 6.45) is 4.19. The molecule has 1 N–H and O–H groups in total. The molecule has 0 saturated carbocycles. The molecular formula is C20H18ClF2N3O3S. The van der Waals surface area contributed by atoms with E-state index in [1.165, 1.54) is 34.0 Å². The summed E-state index contributed by atoms with van der Waals surface area (Å²) < 4.78 is 30.2. The van der Waals surface area contributed by atoms with E-state index in [4.69, 9.17) is 11.6 Å². The molecule has 1 aromatic carbocycles. The van der Waals surface area contributed by atoms with Crippen LogP contribution in [0, 0.1) is 5.92 Å². The minimum Gasteiger partial charge on any atom is -0.433 e. The van der Waals surface area contributed by atoms with Crippen molar-refractivity contribution >= 4 is 44.7 Å². The van der Waals surface area contributed by atoms with Crippen molar-refractivity contribution in [1.82, 2.24) is 9.55 Å². The van der Waals surface area contributed by atoms with E-state index in [1.54, 1.807) is 11.3 Å². The molecule has 1 aliphatic carbocycles. The monoisotopic (exact) mass is 453 g/mol. The standard InChI is InChI=1S/C20H18ClF2N3O3S/c1-10-2-4-12-15(6-10)30-18-17(12)19(28)26(9-24-18)8-16(27)25-11-3-5-14(13(21)7-11)29-20(22)23/h3,5,7,9-10,20H,2,4,6,8H2,1H3,(H,25,27). The number of thiophene rings is 1. The van der Waals surface area contributed by atoms with Crippen molar-refractivity contribution in [3.63, 3.8) is 0 Å². The predicted octanol–water partition coefficient (Wildman–Crippen LogP) is 4.48. The number of carbonyl (C=O) groups is 1. The fourth-order valence-corrected chi connectivity index (χ4v) is 5.17. The van der Waals surface area contributed by atoms with E-state index in [-0.39, 0.29) is 22.9 Å². The lowest BCUT2D eigenvalue weighted by molar-refractivity contribution is -0.116. The Morgan fingerprint density at radius 1 is 1.47 bits per heavy atom. The molecule has 0 aliphatic heterocycles. The number of amides is 1. The third-order valence-corrected chi connectivity index (χ3v) is 6.49. The molecular weight excluding hydrogens is 436 g/mol. The summed E-state index contributed by atoms with van der Waals surface area (Å²) in [5.41, 5.74) is 1.12. The van der Waals surface area contributed by atoms with E-state index < -0.39 is 12.5 Å². The zero-order valence-corrected chi connectivity index (χ0v) is 17.5. The first-order valence-electron chi connectivity index (χ1n) is 9.35. The van der Waals surface area contributed by atoms with Gasteiger partial charge in [-0.1, -0.05) is 18.5 Å². The lowest BCUT2D eigenvalue weighted by Gasteiger charge is -2.17. The van der Waals surface area contributed by atoms with E-state index in [9.17, 15) is 18.4 Å². The third-order valence-electron chi connectivity index (χ3n) is 5.03. The van der Waals surface area contributed by atoms with Crippen LogP contribution in [-0.4, -0.2) is 22.1 Å². The number of alkyl halides is 2. The number of anilines is 1. The van der Waals surface area contributed by atoms with Crippen LogP contribution in [0.3, 0.4) is 0 Å². The Balaban J connectivity index is 1.53. The van der Waals surface area contributed by atoms with Gasteiger partial charge in [-0.3, -0.25) is 14.2 Å². The highest BCUT2D eigenvalue weighted by atomic mass is 35.5. The molecule has 1 unspecified atom stereocenters. The molecule has 6 nitrogen and oxygen atoms in total. The molecule has 2 aromatic heterocycles. The molecule has 0 radical (unpaired) electrons. The number of hydrogen-bond acceptors (Lipinski definition) is 5. The first-order valence-corrected chi connectivity index (χ1v) is 10.5. The lowest BCUT2D eigenvalue weighted by Crippen LogP contribution is -2.28. The fraction of sp³-hybridized carbons (Fsp3) is 0.350. The van der Waals surface area contributed by atoms with Gasteiger partial charge in [0.2, 0.25) is 5.91 Å². The average Bonchev–Trinajstić information content (AvgIpc) is 3.04. The second-order valence-corrected chi connectivity index (χ2v) is 8.77. The lowest BCUT2D eigenvalue weighted by atomic mass is 9.89. The molecule has 0 bridgehead atoms. The number of hydrogen-bond donors (Lipinski definition) is 1. The van der Waals surface area contributed by atoms with Crippen molar-refractivity contribution in [2.24, 2.45) is 5.92 Å². The summed E-state index contributed by atoms with van der Waals surface area (Å²) in [5.74, 6) is -0.0653. The van der Waals surface area contributed by atoms with Crippen LogP contribution in [0.2, 0.25) is 5.02 Å². The Morgan fingerprint density at radius 3 is 3.00 bits per heavy atom. The number of rotatable bonds is 5. The highest BCUT2D eigenvalue weighted by Gasteiger charge is 2.23. The minimum atomic E-state index is -3.00. The van der Waals surface area contributed by atoms with Crippen LogP contribution in [-0.2, 0) is 24.2 Å². The van der Waals surface area contributed by atoms with Gasteiger partial charge in [-0.2, -0.15) is 8.78 Å². The number of aromatic nitrogens is 2. The van der Waals surface area contributed by atoms with Crippen molar-refractivity contribution in [2.75, 3.05) is 5.32 Å². The molecule has 2 heterocycles. The number of carbonyl (C=O) groups excluding carboxylic acids is 1. The minimum absolute atomic E-state index is 0.0625. The second kappa shape index (κ2) is 8.31. The highest BCUT2D eigenvalue weighted by Crippen LogP contribution is 2.35. The van der Waals surface area contributed by atoms with Crippen molar-refractivity contribution < 1.29 is 18.3 Å². The third kappa shape index (κ3) is 4.17. The van der Waals surface area contributed by atoms with E-state index in [0.29, 0.717) is 21.8 Å². The molecule has 158 valence electrons. The normalized spacial score (nSPS) is 16.0. The van der Waals surface area contributed by atoms with Crippen LogP contribution < -0.4 is 15.6 Å². The molecule has 1 atom stereocenters. The van der Waals surface area contributed by atoms with Gasteiger partial charge in [-0.05, 0) is 48.9 Å². The maximum absolute atomic E-state index is 13.0. The van der Waals surface area contributed by atoms with Gasteiger partial charge in [-0.15, -0.1) is 11.3 Å². The smallest absolute Gasteiger partial charge is 0.387 e. The fourth-order valence-electron chi connectivity index (χ4n) is 3.60. The van der Waals surface area contributed by atoms with Gasteiger partial charge in [0.1, 0.15) is 17.1 Å². The molecule has 1 amide bonds. The summed E-state index contributed by atoms with van der Waals surface area (Å²) in [6.45, 7) is -1.03. The highest BCUT2D eigenvalue weighted by molar-refractivity contribution is 7.18. The van der Waals surface area contributed by atoms with Crippen LogP contribution in [0.4, 0.5) is 14.5 Å². The molecule has 1 aliphatic rings. The average molecular weight is 454 g/mol. The van der Waals surface area contributed by atoms with Crippen LogP contribution in [0.15, 0.2) is 29.3 Å². The molecule has 4 rings (SSSR count). The summed E-state index contributed by atoms with van der Waals surface area (Å²) in [5, 5.41) is 3.14. The number of aryl methyl sites for hydroxylation is 1. The van der Waals surface area contributed by atoms with E-state index >= 15 is 0 Å². The van der Waals surface area contributed by atoms with Gasteiger partial charge >= 0.3 is 6.61 Å². The van der Waals surface area contributed by atoms with Crippen molar-refractivity contribution in [3.8, 4) is 5.75 Å². The van der Waals surface area contributed by atoms with E-state index in [2.05, 4.69) is 22.0 Å². The van der Waals surface area contributed by atoms with Gasteiger partial charge < -0.3 is 10.1 Å². The predicted molar refractivity (Wildman–Crippen MR) is 112 cm³/mol. The number of ether oxygens (including phenoxy) is 1. The van der Waals surface area contributed by atoms with E-state index in [0.717, 1.165) is 24.8 Å². The molecule has 0 fully saturated rings. The quantitative estimate of drug-likeness (QED) is 0.618. The Bertz CT molecular complexity index is 1180. The Labute approximate surface area is 179 Å². The molecule has 3 aromatic rings. The van der Waals surface area contributed by atoms with Gasteiger partial charge in [-0.25, -0.2) is 4.98 Å². The molecule has 10 heteroatoms. The van der Waals surface area contributed by atoms with Gasteiger partial charge in [0.05, 0.1) is 16.7 Å². The number of halogens is 3. The first kappa shape index (κ1) is 20.7. The number of fused-ring (bicyclic) bond motifs is 3. The molecule has 30 heavy (non-hydrogen) atoms. The zero-order chi connectivity index (χ0) is 21.4.